The fourth-order valence-corrected chi connectivity index (χ4v) is 4.66. The Kier molecular flexibility index (Phi) is 5.08. The first-order chi connectivity index (χ1) is 12.6. The highest BCUT2D eigenvalue weighted by Gasteiger charge is 2.38. The quantitative estimate of drug-likeness (QED) is 0.806. The number of aromatic nitrogens is 2. The minimum atomic E-state index is -1.29. The summed E-state index contributed by atoms with van der Waals surface area (Å²) in [6.07, 6.45) is 0. The molecule has 0 unspecified atom stereocenters. The number of thioether (sulfide) groups is 1. The number of rotatable bonds is 3. The summed E-state index contributed by atoms with van der Waals surface area (Å²) in [5.74, 6) is -0.786. The van der Waals surface area contributed by atoms with Crippen molar-refractivity contribution in [3.8, 4) is 0 Å². The van der Waals surface area contributed by atoms with Crippen LogP contribution in [0.5, 0.6) is 0 Å². The second-order valence-corrected chi connectivity index (χ2v) is 9.01. The lowest BCUT2D eigenvalue weighted by Crippen LogP contribution is -2.43. The summed E-state index contributed by atoms with van der Waals surface area (Å²) < 4.78 is 1.63. The molecular formula is C20H24N3O3S-. The third kappa shape index (κ3) is 3.74. The molecule has 0 saturated carbocycles. The van der Waals surface area contributed by atoms with Gasteiger partial charge in [-0.25, -0.2) is 0 Å². The lowest BCUT2D eigenvalue weighted by Gasteiger charge is -2.24. The molecule has 27 heavy (non-hydrogen) atoms. The van der Waals surface area contributed by atoms with Crippen LogP contribution < -0.4 is 10.0 Å². The SMILES string of the molecule is Cc1cccc([C@H]2SCC(=O)N(CC(=O)[O-])c3c2c(C(C)(C)C)nn3C)c1. The van der Waals surface area contributed by atoms with Gasteiger partial charge in [0.2, 0.25) is 5.91 Å². The highest BCUT2D eigenvalue weighted by Crippen LogP contribution is 2.47. The van der Waals surface area contributed by atoms with Gasteiger partial charge in [-0.2, -0.15) is 5.10 Å². The average Bonchev–Trinajstić information content (AvgIpc) is 2.83. The molecule has 144 valence electrons. The van der Waals surface area contributed by atoms with Gasteiger partial charge in [0.15, 0.2) is 0 Å². The smallest absolute Gasteiger partial charge is 0.238 e. The molecule has 1 aromatic carbocycles. The lowest BCUT2D eigenvalue weighted by molar-refractivity contribution is -0.303. The highest BCUT2D eigenvalue weighted by molar-refractivity contribution is 8.00. The van der Waals surface area contributed by atoms with E-state index in [-0.39, 0.29) is 22.3 Å². The van der Waals surface area contributed by atoms with Crippen LogP contribution in [-0.2, 0) is 22.1 Å². The van der Waals surface area contributed by atoms with Crippen molar-refractivity contribution in [1.82, 2.24) is 9.78 Å². The van der Waals surface area contributed by atoms with E-state index in [9.17, 15) is 14.7 Å². The normalized spacial score (nSPS) is 17.6. The van der Waals surface area contributed by atoms with E-state index in [1.807, 2.05) is 25.1 Å². The zero-order valence-electron chi connectivity index (χ0n) is 16.3. The maximum Gasteiger partial charge on any atom is 0.238 e. The Labute approximate surface area is 163 Å². The lowest BCUT2D eigenvalue weighted by atomic mass is 9.87. The number of benzene rings is 1. The van der Waals surface area contributed by atoms with Gasteiger partial charge in [-0.1, -0.05) is 50.6 Å². The Balaban J connectivity index is 2.28. The molecule has 1 aliphatic heterocycles. The number of amides is 1. The van der Waals surface area contributed by atoms with Crippen molar-refractivity contribution >= 4 is 29.5 Å². The Bertz CT molecular complexity index is 898. The van der Waals surface area contributed by atoms with Crippen LogP contribution in [0.4, 0.5) is 5.82 Å². The van der Waals surface area contributed by atoms with Crippen LogP contribution >= 0.6 is 11.8 Å². The predicted octanol–water partition coefficient (Wildman–Crippen LogP) is 1.95. The van der Waals surface area contributed by atoms with Gasteiger partial charge in [0.05, 0.1) is 29.2 Å². The number of anilines is 1. The zero-order valence-corrected chi connectivity index (χ0v) is 17.1. The van der Waals surface area contributed by atoms with Crippen molar-refractivity contribution in [3.63, 3.8) is 0 Å². The van der Waals surface area contributed by atoms with Crippen molar-refractivity contribution in [2.24, 2.45) is 7.05 Å². The number of hydrogen-bond acceptors (Lipinski definition) is 5. The first kappa shape index (κ1) is 19.5. The number of nitrogens with zero attached hydrogens (tertiary/aromatic N) is 3. The van der Waals surface area contributed by atoms with Crippen molar-refractivity contribution in [3.05, 3.63) is 46.6 Å². The Morgan fingerprint density at radius 3 is 2.67 bits per heavy atom. The standard InChI is InChI=1S/C20H25N3O3S/c1-12-7-6-8-13(9-12)17-16-18(20(2,3)4)21-22(5)19(16)23(10-15(25)26)14(24)11-27-17/h6-9,17H,10-11H2,1-5H3,(H,25,26)/p-1/t17-/m1/s1. The number of carbonyl (C=O) groups excluding carboxylic acids is 2. The number of carbonyl (C=O) groups is 2. The van der Waals surface area contributed by atoms with E-state index in [2.05, 4.69) is 26.8 Å². The Hall–Kier alpha value is -2.28. The van der Waals surface area contributed by atoms with E-state index in [1.54, 1.807) is 11.7 Å². The first-order valence-corrected chi connectivity index (χ1v) is 9.90. The number of aryl methyl sites for hydroxylation is 2. The third-order valence-corrected chi connectivity index (χ3v) is 5.84. The predicted molar refractivity (Wildman–Crippen MR) is 105 cm³/mol. The van der Waals surface area contributed by atoms with Gasteiger partial charge in [0, 0.05) is 18.0 Å². The second kappa shape index (κ2) is 7.03. The molecule has 0 fully saturated rings. The van der Waals surface area contributed by atoms with Gasteiger partial charge in [-0.3, -0.25) is 14.4 Å². The van der Waals surface area contributed by atoms with Gasteiger partial charge in [0.25, 0.3) is 0 Å². The number of fused-ring (bicyclic) bond motifs is 1. The molecule has 2 aromatic rings. The number of carboxylic acids is 1. The van der Waals surface area contributed by atoms with Gasteiger partial charge >= 0.3 is 0 Å². The molecule has 1 aliphatic rings. The monoisotopic (exact) mass is 386 g/mol. The average molecular weight is 386 g/mol. The molecule has 1 atom stereocenters. The van der Waals surface area contributed by atoms with E-state index >= 15 is 0 Å². The number of hydrogen-bond donors (Lipinski definition) is 0. The van der Waals surface area contributed by atoms with E-state index in [0.29, 0.717) is 5.82 Å². The number of carboxylic acid groups (broad SMARTS) is 1. The topological polar surface area (TPSA) is 78.3 Å². The molecule has 0 bridgehead atoms. The van der Waals surface area contributed by atoms with Crippen LogP contribution in [0.2, 0.25) is 0 Å². The molecule has 3 rings (SSSR count). The van der Waals surface area contributed by atoms with Crippen LogP contribution in [0.25, 0.3) is 0 Å². The van der Waals surface area contributed by atoms with Crippen molar-refractivity contribution in [2.45, 2.75) is 38.4 Å². The van der Waals surface area contributed by atoms with E-state index in [1.165, 1.54) is 16.7 Å². The van der Waals surface area contributed by atoms with Gasteiger partial charge in [0.1, 0.15) is 5.82 Å². The molecular weight excluding hydrogens is 362 g/mol. The Morgan fingerprint density at radius 2 is 2.07 bits per heavy atom. The van der Waals surface area contributed by atoms with E-state index in [0.717, 1.165) is 22.4 Å². The Morgan fingerprint density at radius 1 is 1.37 bits per heavy atom. The van der Waals surface area contributed by atoms with Gasteiger partial charge in [-0.05, 0) is 12.5 Å². The molecule has 7 heteroatoms. The van der Waals surface area contributed by atoms with Crippen LogP contribution in [0.15, 0.2) is 24.3 Å². The van der Waals surface area contributed by atoms with Crippen molar-refractivity contribution in [1.29, 1.82) is 0 Å². The minimum absolute atomic E-state index is 0.0986. The van der Waals surface area contributed by atoms with Crippen molar-refractivity contribution in [2.75, 3.05) is 17.2 Å². The summed E-state index contributed by atoms with van der Waals surface area (Å²) >= 11 is 1.51. The highest BCUT2D eigenvalue weighted by atomic mass is 32.2. The molecule has 1 aromatic heterocycles. The third-order valence-electron chi connectivity index (χ3n) is 4.59. The molecule has 0 saturated heterocycles. The van der Waals surface area contributed by atoms with Crippen LogP contribution in [0, 0.1) is 6.92 Å². The second-order valence-electron chi connectivity index (χ2n) is 7.92. The fourth-order valence-electron chi connectivity index (χ4n) is 3.47. The van der Waals surface area contributed by atoms with Crippen molar-refractivity contribution < 1.29 is 14.7 Å². The summed E-state index contributed by atoms with van der Waals surface area (Å²) in [5, 5.41) is 15.9. The summed E-state index contributed by atoms with van der Waals surface area (Å²) in [7, 11) is 1.76. The maximum absolute atomic E-state index is 12.7. The van der Waals surface area contributed by atoms with Gasteiger partial charge < -0.3 is 9.90 Å². The minimum Gasteiger partial charge on any atom is -0.548 e. The van der Waals surface area contributed by atoms with Crippen LogP contribution in [0.3, 0.4) is 0 Å². The van der Waals surface area contributed by atoms with E-state index in [4.69, 9.17) is 5.10 Å². The zero-order chi connectivity index (χ0) is 19.9. The summed E-state index contributed by atoms with van der Waals surface area (Å²) in [4.78, 5) is 25.3. The largest absolute Gasteiger partial charge is 0.548 e. The fraction of sp³-hybridized carbons (Fsp3) is 0.450. The molecule has 0 spiro atoms. The molecule has 6 nitrogen and oxygen atoms in total. The maximum atomic E-state index is 12.7. The first-order valence-electron chi connectivity index (χ1n) is 8.85. The van der Waals surface area contributed by atoms with E-state index < -0.39 is 12.5 Å². The molecule has 0 radical (unpaired) electrons. The molecule has 1 amide bonds. The molecule has 0 aliphatic carbocycles. The number of aliphatic carboxylic acids is 1. The molecule has 0 N–H and O–H groups in total. The van der Waals surface area contributed by atoms with Crippen LogP contribution in [0.1, 0.15) is 48.4 Å². The summed E-state index contributed by atoms with van der Waals surface area (Å²) in [6.45, 7) is 7.78. The van der Waals surface area contributed by atoms with Gasteiger partial charge in [-0.15, -0.1) is 11.8 Å². The molecule has 2 heterocycles. The summed E-state index contributed by atoms with van der Waals surface area (Å²) in [6, 6.07) is 8.20. The van der Waals surface area contributed by atoms with Crippen LogP contribution in [-0.4, -0.2) is 34.0 Å². The summed E-state index contributed by atoms with van der Waals surface area (Å²) in [5.41, 5.74) is 3.75.